The number of hydrogen-bond donors (Lipinski definition) is 2. The van der Waals surface area contributed by atoms with Crippen LogP contribution in [0, 0.1) is 0 Å². The van der Waals surface area contributed by atoms with E-state index in [1.807, 2.05) is 24.3 Å². The van der Waals surface area contributed by atoms with Crippen molar-refractivity contribution >= 4 is 15.5 Å². The van der Waals surface area contributed by atoms with E-state index in [0.29, 0.717) is 12.8 Å². The van der Waals surface area contributed by atoms with Crippen molar-refractivity contribution in [3.8, 4) is 5.75 Å². The molecule has 1 saturated heterocycles. The van der Waals surface area contributed by atoms with Gasteiger partial charge >= 0.3 is 0 Å². The molecule has 1 fully saturated rings. The van der Waals surface area contributed by atoms with E-state index < -0.39 is 15.4 Å². The molecular weight excluding hydrogens is 266 g/mol. The van der Waals surface area contributed by atoms with Crippen LogP contribution in [0.15, 0.2) is 24.3 Å². The van der Waals surface area contributed by atoms with Crippen molar-refractivity contribution < 1.29 is 18.3 Å². The smallest absolute Gasteiger partial charge is 0.150 e. The summed E-state index contributed by atoms with van der Waals surface area (Å²) in [5.74, 6) is 0.955. The first-order chi connectivity index (χ1) is 8.99. The quantitative estimate of drug-likeness (QED) is 0.864. The van der Waals surface area contributed by atoms with E-state index in [9.17, 15) is 13.5 Å². The lowest BCUT2D eigenvalue weighted by atomic mass is 9.93. The maximum Gasteiger partial charge on any atom is 0.150 e. The monoisotopic (exact) mass is 285 g/mol. The molecule has 19 heavy (non-hydrogen) atoms. The van der Waals surface area contributed by atoms with Crippen molar-refractivity contribution in [2.75, 3.05) is 30.5 Å². The van der Waals surface area contributed by atoms with E-state index in [1.54, 1.807) is 7.11 Å². The van der Waals surface area contributed by atoms with Crippen LogP contribution in [-0.4, -0.2) is 44.3 Å². The summed E-state index contributed by atoms with van der Waals surface area (Å²) >= 11 is 0. The Kier molecular flexibility index (Phi) is 4.01. The van der Waals surface area contributed by atoms with Gasteiger partial charge in [0, 0.05) is 11.8 Å². The summed E-state index contributed by atoms with van der Waals surface area (Å²) < 4.78 is 28.1. The fraction of sp³-hybridized carbons (Fsp3) is 0.538. The van der Waals surface area contributed by atoms with Crippen LogP contribution in [0.1, 0.15) is 12.8 Å². The molecule has 1 heterocycles. The zero-order valence-electron chi connectivity index (χ0n) is 10.9. The SMILES string of the molecule is COc1cccc(NC2(CO)CCS(=O)(=O)CC2)c1. The maximum atomic E-state index is 11.5. The molecular formula is C13H19NO4S. The second-order valence-electron chi connectivity index (χ2n) is 4.95. The highest BCUT2D eigenvalue weighted by Crippen LogP contribution is 2.29. The molecule has 106 valence electrons. The molecule has 0 saturated carbocycles. The van der Waals surface area contributed by atoms with Crippen LogP contribution < -0.4 is 10.1 Å². The van der Waals surface area contributed by atoms with Crippen molar-refractivity contribution in [2.45, 2.75) is 18.4 Å². The summed E-state index contributed by atoms with van der Waals surface area (Å²) in [6.07, 6.45) is 0.839. The van der Waals surface area contributed by atoms with E-state index in [-0.39, 0.29) is 18.1 Å². The zero-order chi connectivity index (χ0) is 13.9. The minimum atomic E-state index is -2.94. The van der Waals surface area contributed by atoms with Crippen LogP contribution in [0.4, 0.5) is 5.69 Å². The summed E-state index contributed by atoms with van der Waals surface area (Å²) in [6.45, 7) is -0.0836. The number of hydrogen-bond acceptors (Lipinski definition) is 5. The number of methoxy groups -OCH3 is 1. The van der Waals surface area contributed by atoms with Gasteiger partial charge < -0.3 is 15.2 Å². The van der Waals surface area contributed by atoms with Gasteiger partial charge in [0.05, 0.1) is 30.8 Å². The van der Waals surface area contributed by atoms with Gasteiger partial charge in [-0.1, -0.05) is 6.07 Å². The average Bonchev–Trinajstić information content (AvgIpc) is 2.42. The molecule has 1 aromatic rings. The third-order valence-corrected chi connectivity index (χ3v) is 5.22. The summed E-state index contributed by atoms with van der Waals surface area (Å²) in [4.78, 5) is 0. The first-order valence-corrected chi connectivity index (χ1v) is 8.04. The molecule has 5 nitrogen and oxygen atoms in total. The molecule has 2 rings (SSSR count). The molecule has 1 aliphatic heterocycles. The van der Waals surface area contributed by atoms with Crippen LogP contribution in [0.3, 0.4) is 0 Å². The fourth-order valence-corrected chi connectivity index (χ4v) is 3.87. The predicted octanol–water partition coefficient (Wildman–Crippen LogP) is 1.05. The Morgan fingerprint density at radius 1 is 1.37 bits per heavy atom. The van der Waals surface area contributed by atoms with E-state index in [1.165, 1.54) is 0 Å². The third kappa shape index (κ3) is 3.39. The van der Waals surface area contributed by atoms with Crippen molar-refractivity contribution in [1.29, 1.82) is 0 Å². The largest absolute Gasteiger partial charge is 0.497 e. The van der Waals surface area contributed by atoms with Gasteiger partial charge in [-0.2, -0.15) is 0 Å². The van der Waals surface area contributed by atoms with Gasteiger partial charge in [0.2, 0.25) is 0 Å². The highest BCUT2D eigenvalue weighted by atomic mass is 32.2. The molecule has 0 aromatic heterocycles. The number of rotatable bonds is 4. The van der Waals surface area contributed by atoms with E-state index in [2.05, 4.69) is 5.32 Å². The Labute approximate surface area is 113 Å². The molecule has 1 aromatic carbocycles. The summed E-state index contributed by atoms with van der Waals surface area (Å²) in [5.41, 5.74) is 0.269. The molecule has 6 heteroatoms. The first-order valence-electron chi connectivity index (χ1n) is 6.22. The van der Waals surface area contributed by atoms with Gasteiger partial charge in [0.25, 0.3) is 0 Å². The van der Waals surface area contributed by atoms with Crippen LogP contribution >= 0.6 is 0 Å². The highest BCUT2D eigenvalue weighted by molar-refractivity contribution is 7.91. The van der Waals surface area contributed by atoms with E-state index in [0.717, 1.165) is 11.4 Å². The molecule has 0 atom stereocenters. The number of ether oxygens (including phenoxy) is 1. The van der Waals surface area contributed by atoms with Crippen LogP contribution in [0.25, 0.3) is 0 Å². The number of sulfone groups is 1. The summed E-state index contributed by atoms with van der Waals surface area (Å²) in [6, 6.07) is 7.40. The fourth-order valence-electron chi connectivity index (χ4n) is 2.26. The lowest BCUT2D eigenvalue weighted by molar-refractivity contribution is 0.200. The maximum absolute atomic E-state index is 11.5. The summed E-state index contributed by atoms with van der Waals surface area (Å²) in [5, 5.41) is 12.9. The van der Waals surface area contributed by atoms with Gasteiger partial charge in [-0.3, -0.25) is 0 Å². The molecule has 2 N–H and O–H groups in total. The van der Waals surface area contributed by atoms with Crippen molar-refractivity contribution in [3.05, 3.63) is 24.3 Å². The minimum Gasteiger partial charge on any atom is -0.497 e. The third-order valence-electron chi connectivity index (χ3n) is 3.57. The Morgan fingerprint density at radius 2 is 2.05 bits per heavy atom. The molecule has 0 radical (unpaired) electrons. The predicted molar refractivity (Wildman–Crippen MR) is 74.3 cm³/mol. The van der Waals surface area contributed by atoms with Crippen molar-refractivity contribution in [2.24, 2.45) is 0 Å². The number of anilines is 1. The van der Waals surface area contributed by atoms with Crippen molar-refractivity contribution in [3.63, 3.8) is 0 Å². The van der Waals surface area contributed by atoms with Gasteiger partial charge in [-0.05, 0) is 25.0 Å². The molecule has 0 unspecified atom stereocenters. The van der Waals surface area contributed by atoms with Crippen LogP contribution in [0.5, 0.6) is 5.75 Å². The Morgan fingerprint density at radius 3 is 2.63 bits per heavy atom. The Bertz CT molecular complexity index is 527. The molecule has 0 spiro atoms. The van der Waals surface area contributed by atoms with Gasteiger partial charge in [0.1, 0.15) is 5.75 Å². The van der Waals surface area contributed by atoms with Crippen molar-refractivity contribution in [1.82, 2.24) is 0 Å². The molecule has 0 amide bonds. The van der Waals surface area contributed by atoms with E-state index >= 15 is 0 Å². The number of nitrogens with one attached hydrogen (secondary N) is 1. The van der Waals surface area contributed by atoms with E-state index in [4.69, 9.17) is 4.74 Å². The molecule has 1 aliphatic rings. The lowest BCUT2D eigenvalue weighted by Crippen LogP contribution is -2.48. The first kappa shape index (κ1) is 14.1. The average molecular weight is 285 g/mol. The number of benzene rings is 1. The number of aliphatic hydroxyl groups excluding tert-OH is 1. The zero-order valence-corrected chi connectivity index (χ0v) is 11.7. The molecule has 0 bridgehead atoms. The molecule has 0 aliphatic carbocycles. The second-order valence-corrected chi connectivity index (χ2v) is 7.25. The van der Waals surface area contributed by atoms with Gasteiger partial charge in [0.15, 0.2) is 9.84 Å². The Balaban J connectivity index is 2.14. The summed E-state index contributed by atoms with van der Waals surface area (Å²) in [7, 11) is -1.35. The lowest BCUT2D eigenvalue weighted by Gasteiger charge is -2.37. The van der Waals surface area contributed by atoms with Gasteiger partial charge in [-0.25, -0.2) is 8.42 Å². The second kappa shape index (κ2) is 5.38. The Hall–Kier alpha value is -1.27. The number of aliphatic hydroxyl groups is 1. The minimum absolute atomic E-state index is 0.0836. The topological polar surface area (TPSA) is 75.6 Å². The highest BCUT2D eigenvalue weighted by Gasteiger charge is 2.36. The van der Waals surface area contributed by atoms with Gasteiger partial charge in [-0.15, -0.1) is 0 Å². The van der Waals surface area contributed by atoms with Crippen LogP contribution in [-0.2, 0) is 9.84 Å². The standard InChI is InChI=1S/C13H19NO4S/c1-18-12-4-2-3-11(9-12)14-13(10-15)5-7-19(16,17)8-6-13/h2-4,9,14-15H,5-8,10H2,1H3. The van der Waals surface area contributed by atoms with Crippen LogP contribution in [0.2, 0.25) is 0 Å². The normalized spacial score (nSPS) is 20.7.